The molecular weight excluding hydrogens is 152 g/mol. The van der Waals surface area contributed by atoms with E-state index in [0.29, 0.717) is 11.7 Å². The summed E-state index contributed by atoms with van der Waals surface area (Å²) in [4.78, 5) is 0. The molecule has 0 atom stereocenters. The van der Waals surface area contributed by atoms with Gasteiger partial charge in [-0.1, -0.05) is 20.8 Å². The molecule has 0 radical (unpaired) electrons. The Bertz CT molecular complexity index is 253. The molecule has 0 fully saturated rings. The second-order valence-corrected chi connectivity index (χ2v) is 3.43. The van der Waals surface area contributed by atoms with Crippen molar-refractivity contribution in [3.63, 3.8) is 0 Å². The molecule has 0 saturated carbocycles. The molecule has 1 heterocycles. The number of hydrogen-bond acceptors (Lipinski definition) is 2. The first kappa shape index (κ1) is 9.10. The molecule has 12 heavy (non-hydrogen) atoms. The standard InChI is InChI=1S/C9H16N2O/c1-4-8-9(12)6-11(10-8)5-7(2)3/h6-7,12H,4-5H2,1-3H3. The van der Waals surface area contributed by atoms with Gasteiger partial charge in [0, 0.05) is 6.54 Å². The van der Waals surface area contributed by atoms with Crippen molar-refractivity contribution in [2.75, 3.05) is 0 Å². The minimum atomic E-state index is 0.318. The SMILES string of the molecule is CCc1nn(CC(C)C)cc1O. The van der Waals surface area contributed by atoms with Gasteiger partial charge in [-0.3, -0.25) is 4.68 Å². The highest BCUT2D eigenvalue weighted by atomic mass is 16.3. The highest BCUT2D eigenvalue weighted by molar-refractivity contribution is 5.22. The van der Waals surface area contributed by atoms with Gasteiger partial charge in [0.15, 0.2) is 5.75 Å². The Morgan fingerprint density at radius 1 is 1.58 bits per heavy atom. The number of nitrogens with zero attached hydrogens (tertiary/aromatic N) is 2. The summed E-state index contributed by atoms with van der Waals surface area (Å²) in [5.41, 5.74) is 0.788. The molecule has 0 aromatic carbocycles. The fraction of sp³-hybridized carbons (Fsp3) is 0.667. The Morgan fingerprint density at radius 3 is 2.67 bits per heavy atom. The average Bonchev–Trinajstić information content (AvgIpc) is 2.29. The number of rotatable bonds is 3. The number of aromatic hydroxyl groups is 1. The fourth-order valence-corrected chi connectivity index (χ4v) is 1.17. The van der Waals surface area contributed by atoms with Gasteiger partial charge in [0.1, 0.15) is 5.69 Å². The van der Waals surface area contributed by atoms with E-state index in [0.717, 1.165) is 18.7 Å². The van der Waals surface area contributed by atoms with E-state index in [9.17, 15) is 5.11 Å². The van der Waals surface area contributed by atoms with Crippen LogP contribution in [0.3, 0.4) is 0 Å². The zero-order valence-electron chi connectivity index (χ0n) is 7.91. The monoisotopic (exact) mass is 168 g/mol. The van der Waals surface area contributed by atoms with Crippen LogP contribution in [0.4, 0.5) is 0 Å². The van der Waals surface area contributed by atoms with Crippen LogP contribution in [-0.4, -0.2) is 14.9 Å². The van der Waals surface area contributed by atoms with Crippen molar-refractivity contribution in [1.82, 2.24) is 9.78 Å². The first-order valence-electron chi connectivity index (χ1n) is 4.38. The maximum absolute atomic E-state index is 9.36. The summed E-state index contributed by atoms with van der Waals surface area (Å²) >= 11 is 0. The van der Waals surface area contributed by atoms with E-state index in [1.165, 1.54) is 0 Å². The van der Waals surface area contributed by atoms with Crippen LogP contribution >= 0.6 is 0 Å². The van der Waals surface area contributed by atoms with Crippen molar-refractivity contribution in [2.45, 2.75) is 33.7 Å². The van der Waals surface area contributed by atoms with Gasteiger partial charge < -0.3 is 5.11 Å². The lowest BCUT2D eigenvalue weighted by molar-refractivity contribution is 0.462. The Morgan fingerprint density at radius 2 is 2.25 bits per heavy atom. The molecular formula is C9H16N2O. The van der Waals surface area contributed by atoms with E-state index in [2.05, 4.69) is 18.9 Å². The molecule has 0 aliphatic carbocycles. The summed E-state index contributed by atoms with van der Waals surface area (Å²) in [7, 11) is 0. The summed E-state index contributed by atoms with van der Waals surface area (Å²) < 4.78 is 1.80. The lowest BCUT2D eigenvalue weighted by atomic mass is 10.2. The zero-order chi connectivity index (χ0) is 9.14. The molecule has 0 amide bonds. The third-order valence-electron chi connectivity index (χ3n) is 1.70. The van der Waals surface area contributed by atoms with Crippen molar-refractivity contribution in [3.05, 3.63) is 11.9 Å². The predicted octanol–water partition coefficient (Wildman–Crippen LogP) is 1.81. The Labute approximate surface area is 73.0 Å². The number of hydrogen-bond donors (Lipinski definition) is 1. The first-order chi connectivity index (χ1) is 5.63. The van der Waals surface area contributed by atoms with Crippen LogP contribution in [0.2, 0.25) is 0 Å². The highest BCUT2D eigenvalue weighted by Gasteiger charge is 2.05. The third kappa shape index (κ3) is 2.00. The molecule has 1 N–H and O–H groups in total. The lowest BCUT2D eigenvalue weighted by Gasteiger charge is -2.02. The van der Waals surface area contributed by atoms with Gasteiger partial charge in [0.2, 0.25) is 0 Å². The second kappa shape index (κ2) is 3.61. The van der Waals surface area contributed by atoms with E-state index >= 15 is 0 Å². The summed E-state index contributed by atoms with van der Waals surface area (Å²) in [5, 5.41) is 13.6. The molecule has 0 bridgehead atoms. The van der Waals surface area contributed by atoms with Crippen LogP contribution in [0.5, 0.6) is 5.75 Å². The molecule has 0 unspecified atom stereocenters. The van der Waals surface area contributed by atoms with Gasteiger partial charge in [-0.25, -0.2) is 0 Å². The minimum absolute atomic E-state index is 0.318. The maximum atomic E-state index is 9.36. The Balaban J connectivity index is 2.75. The van der Waals surface area contributed by atoms with Crippen LogP contribution in [-0.2, 0) is 13.0 Å². The van der Waals surface area contributed by atoms with Crippen LogP contribution in [0.1, 0.15) is 26.5 Å². The first-order valence-corrected chi connectivity index (χ1v) is 4.38. The molecule has 3 nitrogen and oxygen atoms in total. The van der Waals surface area contributed by atoms with Crippen molar-refractivity contribution >= 4 is 0 Å². The summed E-state index contributed by atoms with van der Waals surface area (Å²) in [6.45, 7) is 7.12. The van der Waals surface area contributed by atoms with E-state index in [1.807, 2.05) is 6.92 Å². The van der Waals surface area contributed by atoms with Gasteiger partial charge in [0.05, 0.1) is 6.20 Å². The van der Waals surface area contributed by atoms with E-state index < -0.39 is 0 Å². The molecule has 3 heteroatoms. The summed E-state index contributed by atoms with van der Waals surface area (Å²) in [6.07, 6.45) is 2.48. The predicted molar refractivity (Wildman–Crippen MR) is 48.1 cm³/mol. The molecule has 0 aliphatic rings. The van der Waals surface area contributed by atoms with E-state index in [-0.39, 0.29) is 0 Å². The van der Waals surface area contributed by atoms with Crippen molar-refractivity contribution in [2.24, 2.45) is 5.92 Å². The summed E-state index contributed by atoms with van der Waals surface area (Å²) in [5.74, 6) is 0.882. The fourth-order valence-electron chi connectivity index (χ4n) is 1.17. The van der Waals surface area contributed by atoms with Gasteiger partial charge in [-0.2, -0.15) is 5.10 Å². The topological polar surface area (TPSA) is 38.0 Å². The Hall–Kier alpha value is -0.990. The van der Waals surface area contributed by atoms with Crippen LogP contribution in [0, 0.1) is 5.92 Å². The molecule has 1 rings (SSSR count). The van der Waals surface area contributed by atoms with Gasteiger partial charge in [-0.15, -0.1) is 0 Å². The molecule has 1 aromatic heterocycles. The molecule has 0 aliphatic heterocycles. The molecule has 0 saturated heterocycles. The van der Waals surface area contributed by atoms with Crippen LogP contribution in [0.25, 0.3) is 0 Å². The van der Waals surface area contributed by atoms with Crippen LogP contribution in [0.15, 0.2) is 6.20 Å². The average molecular weight is 168 g/mol. The van der Waals surface area contributed by atoms with Gasteiger partial charge >= 0.3 is 0 Å². The van der Waals surface area contributed by atoms with E-state index in [4.69, 9.17) is 0 Å². The van der Waals surface area contributed by atoms with Gasteiger partial charge in [0.25, 0.3) is 0 Å². The largest absolute Gasteiger partial charge is 0.504 e. The smallest absolute Gasteiger partial charge is 0.156 e. The van der Waals surface area contributed by atoms with E-state index in [1.54, 1.807) is 10.9 Å². The quantitative estimate of drug-likeness (QED) is 0.747. The van der Waals surface area contributed by atoms with Crippen molar-refractivity contribution in [3.8, 4) is 5.75 Å². The third-order valence-corrected chi connectivity index (χ3v) is 1.70. The number of aryl methyl sites for hydroxylation is 1. The molecule has 1 aromatic rings. The lowest BCUT2D eigenvalue weighted by Crippen LogP contribution is -2.04. The number of aromatic nitrogens is 2. The minimum Gasteiger partial charge on any atom is -0.504 e. The van der Waals surface area contributed by atoms with Crippen molar-refractivity contribution in [1.29, 1.82) is 0 Å². The molecule has 0 spiro atoms. The zero-order valence-corrected chi connectivity index (χ0v) is 7.91. The Kier molecular flexibility index (Phi) is 2.74. The highest BCUT2D eigenvalue weighted by Crippen LogP contribution is 2.15. The van der Waals surface area contributed by atoms with Crippen molar-refractivity contribution < 1.29 is 5.11 Å². The molecule has 68 valence electrons. The second-order valence-electron chi connectivity index (χ2n) is 3.43. The summed E-state index contributed by atoms with van der Waals surface area (Å²) in [6, 6.07) is 0. The maximum Gasteiger partial charge on any atom is 0.156 e. The van der Waals surface area contributed by atoms with Crippen LogP contribution < -0.4 is 0 Å². The van der Waals surface area contributed by atoms with Gasteiger partial charge in [-0.05, 0) is 12.3 Å². The normalized spacial score (nSPS) is 11.0.